The molecule has 0 aliphatic carbocycles. The van der Waals surface area contributed by atoms with Gasteiger partial charge in [0.1, 0.15) is 20.6 Å². The maximum atomic E-state index is 13.7. The number of carbonyl (C=O) groups is 1. The van der Waals surface area contributed by atoms with E-state index in [1.807, 2.05) is 4.68 Å². The van der Waals surface area contributed by atoms with Gasteiger partial charge in [0.25, 0.3) is 0 Å². The van der Waals surface area contributed by atoms with Crippen molar-refractivity contribution < 1.29 is 14.3 Å². The normalized spacial score (nSPS) is 11.4. The van der Waals surface area contributed by atoms with Crippen LogP contribution >= 0.6 is 34.4 Å². The monoisotopic (exact) mass is 486 g/mol. The van der Waals surface area contributed by atoms with E-state index in [2.05, 4.69) is 51.5 Å². The van der Waals surface area contributed by atoms with Gasteiger partial charge in [-0.1, -0.05) is 23.9 Å². The van der Waals surface area contributed by atoms with E-state index in [1.54, 1.807) is 18.3 Å². The van der Waals surface area contributed by atoms with Crippen molar-refractivity contribution in [2.75, 3.05) is 0 Å². The number of halogens is 2. The topological polar surface area (TPSA) is 80.9 Å². The lowest BCUT2D eigenvalue weighted by atomic mass is 10.1. The third-order valence-electron chi connectivity index (χ3n) is 3.69. The minimum absolute atomic E-state index is 0.180. The zero-order chi connectivity index (χ0) is 18.8. The molecule has 26 heavy (non-hydrogen) atoms. The number of carboxylic acid groups (broad SMARTS) is 1. The number of aliphatic carboxylic acids is 1. The molecule has 6 nitrogen and oxygen atoms in total. The van der Waals surface area contributed by atoms with E-state index in [4.69, 9.17) is 5.11 Å². The van der Waals surface area contributed by atoms with Crippen molar-refractivity contribution in [3.63, 3.8) is 0 Å². The second kappa shape index (κ2) is 7.87. The fourth-order valence-corrected chi connectivity index (χ4v) is 3.89. The van der Waals surface area contributed by atoms with E-state index in [-0.39, 0.29) is 18.0 Å². The molecule has 0 radical (unpaired) electrons. The van der Waals surface area contributed by atoms with Gasteiger partial charge in [-0.3, -0.25) is 9.48 Å². The first kappa shape index (κ1) is 19.0. The van der Waals surface area contributed by atoms with E-state index < -0.39 is 11.8 Å². The van der Waals surface area contributed by atoms with Gasteiger partial charge in [-0.2, -0.15) is 5.10 Å². The van der Waals surface area contributed by atoms with Crippen molar-refractivity contribution in [1.29, 1.82) is 0 Å². The first-order valence-corrected chi connectivity index (χ1v) is 9.94. The molecule has 0 unspecified atom stereocenters. The number of aromatic nitrogens is 4. The van der Waals surface area contributed by atoms with Gasteiger partial charge in [0.15, 0.2) is 5.16 Å². The van der Waals surface area contributed by atoms with Crippen LogP contribution in [0.15, 0.2) is 29.6 Å². The number of hydrogen-bond acceptors (Lipinski definition) is 5. The van der Waals surface area contributed by atoms with Gasteiger partial charge < -0.3 is 5.11 Å². The highest BCUT2D eigenvalue weighted by molar-refractivity contribution is 14.1. The van der Waals surface area contributed by atoms with Crippen LogP contribution in [0, 0.1) is 9.52 Å². The Kier molecular flexibility index (Phi) is 5.76. The van der Waals surface area contributed by atoms with Crippen molar-refractivity contribution >= 4 is 51.4 Å². The lowest BCUT2D eigenvalue weighted by Crippen LogP contribution is -2.03. The molecule has 0 aliphatic heterocycles. The van der Waals surface area contributed by atoms with Gasteiger partial charge in [-0.15, -0.1) is 0 Å². The fraction of sp³-hybridized carbons (Fsp3) is 0.294. The highest BCUT2D eigenvalue weighted by Crippen LogP contribution is 2.26. The Hall–Kier alpha value is -1.75. The highest BCUT2D eigenvalue weighted by atomic mass is 127. The van der Waals surface area contributed by atoms with Gasteiger partial charge in [0.05, 0.1) is 12.6 Å². The molecule has 0 fully saturated rings. The largest absolute Gasteiger partial charge is 0.481 e. The Morgan fingerprint density at radius 2 is 2.19 bits per heavy atom. The molecule has 2 aromatic heterocycles. The van der Waals surface area contributed by atoms with E-state index in [0.717, 1.165) is 20.3 Å². The average molecular weight is 486 g/mol. The number of thioether (sulfide) groups is 1. The molecule has 0 saturated heterocycles. The standard InChI is InChI=1S/C17H16FIN4O2S/c1-9(2)23-13-7-20-17(21-15(13)16(19)22-23)26-8-10-3-4-12(18)11(5-10)6-14(24)25/h3-5,7,9H,6,8H2,1-2H3,(H,24,25). The summed E-state index contributed by atoms with van der Waals surface area (Å²) in [6.45, 7) is 4.10. The molecule has 9 heteroatoms. The molecule has 1 aromatic carbocycles. The number of fused-ring (bicyclic) bond motifs is 1. The van der Waals surface area contributed by atoms with Crippen LogP contribution in [0.5, 0.6) is 0 Å². The maximum absolute atomic E-state index is 13.7. The molecule has 2 heterocycles. The molecular weight excluding hydrogens is 470 g/mol. The number of nitrogens with zero attached hydrogens (tertiary/aromatic N) is 4. The SMILES string of the molecule is CC(C)n1nc(I)c2nc(SCc3ccc(F)c(CC(=O)O)c3)ncc21. The average Bonchev–Trinajstić information content (AvgIpc) is 2.92. The first-order valence-electron chi connectivity index (χ1n) is 7.87. The Morgan fingerprint density at radius 1 is 1.42 bits per heavy atom. The van der Waals surface area contributed by atoms with Crippen molar-refractivity contribution in [3.05, 3.63) is 45.0 Å². The van der Waals surface area contributed by atoms with Crippen LogP contribution in [0.2, 0.25) is 0 Å². The summed E-state index contributed by atoms with van der Waals surface area (Å²) in [5.41, 5.74) is 2.70. The number of benzene rings is 1. The molecule has 3 rings (SSSR count). The van der Waals surface area contributed by atoms with Gasteiger partial charge in [0, 0.05) is 11.8 Å². The molecule has 0 atom stereocenters. The zero-order valence-corrected chi connectivity index (χ0v) is 17.1. The molecular formula is C17H16FIN4O2S. The minimum Gasteiger partial charge on any atom is -0.481 e. The Bertz CT molecular complexity index is 977. The molecule has 3 aromatic rings. The zero-order valence-electron chi connectivity index (χ0n) is 14.1. The predicted molar refractivity (Wildman–Crippen MR) is 106 cm³/mol. The second-order valence-electron chi connectivity index (χ2n) is 6.00. The van der Waals surface area contributed by atoms with E-state index in [9.17, 15) is 9.18 Å². The summed E-state index contributed by atoms with van der Waals surface area (Å²) in [5.74, 6) is -1.04. The summed E-state index contributed by atoms with van der Waals surface area (Å²) >= 11 is 3.57. The second-order valence-corrected chi connectivity index (χ2v) is 7.96. The summed E-state index contributed by atoms with van der Waals surface area (Å²) in [7, 11) is 0. The van der Waals surface area contributed by atoms with Crippen LogP contribution < -0.4 is 0 Å². The van der Waals surface area contributed by atoms with Crippen molar-refractivity contribution in [3.8, 4) is 0 Å². The molecule has 0 spiro atoms. The highest BCUT2D eigenvalue weighted by Gasteiger charge is 2.14. The maximum Gasteiger partial charge on any atom is 0.307 e. The summed E-state index contributed by atoms with van der Waals surface area (Å²) in [6.07, 6.45) is 1.43. The summed E-state index contributed by atoms with van der Waals surface area (Å²) < 4.78 is 16.4. The molecule has 0 amide bonds. The Labute approximate surface area is 167 Å². The van der Waals surface area contributed by atoms with Crippen molar-refractivity contribution in [2.24, 2.45) is 0 Å². The van der Waals surface area contributed by atoms with E-state index >= 15 is 0 Å². The van der Waals surface area contributed by atoms with Crippen LogP contribution in [-0.2, 0) is 17.0 Å². The van der Waals surface area contributed by atoms with Gasteiger partial charge in [-0.25, -0.2) is 14.4 Å². The summed E-state index contributed by atoms with van der Waals surface area (Å²) in [4.78, 5) is 19.8. The quantitative estimate of drug-likeness (QED) is 0.322. The summed E-state index contributed by atoms with van der Waals surface area (Å²) in [6, 6.07) is 4.74. The molecule has 0 aliphatic rings. The first-order chi connectivity index (χ1) is 12.3. The van der Waals surface area contributed by atoms with Crippen LogP contribution in [0.4, 0.5) is 4.39 Å². The van der Waals surface area contributed by atoms with Crippen LogP contribution in [-0.4, -0.2) is 30.8 Å². The van der Waals surface area contributed by atoms with Gasteiger partial charge in [-0.05, 0) is 53.6 Å². The third kappa shape index (κ3) is 4.14. The third-order valence-corrected chi connectivity index (χ3v) is 5.35. The minimum atomic E-state index is -1.06. The number of rotatable bonds is 6. The lowest BCUT2D eigenvalue weighted by molar-refractivity contribution is -0.136. The van der Waals surface area contributed by atoms with Gasteiger partial charge in [0.2, 0.25) is 0 Å². The predicted octanol–water partition coefficient (Wildman–Crippen LogP) is 4.07. The van der Waals surface area contributed by atoms with Crippen molar-refractivity contribution in [1.82, 2.24) is 19.7 Å². The van der Waals surface area contributed by atoms with E-state index in [0.29, 0.717) is 10.9 Å². The van der Waals surface area contributed by atoms with Crippen LogP contribution in [0.1, 0.15) is 31.0 Å². The van der Waals surface area contributed by atoms with E-state index in [1.165, 1.54) is 17.8 Å². The van der Waals surface area contributed by atoms with Crippen molar-refractivity contribution in [2.45, 2.75) is 37.2 Å². The smallest absolute Gasteiger partial charge is 0.307 e. The molecule has 136 valence electrons. The lowest BCUT2D eigenvalue weighted by Gasteiger charge is -2.07. The fourth-order valence-electron chi connectivity index (χ4n) is 2.50. The number of carboxylic acids is 1. The van der Waals surface area contributed by atoms with Crippen LogP contribution in [0.25, 0.3) is 11.0 Å². The van der Waals surface area contributed by atoms with Gasteiger partial charge >= 0.3 is 5.97 Å². The summed E-state index contributed by atoms with van der Waals surface area (Å²) in [5, 5.41) is 13.9. The molecule has 1 N–H and O–H groups in total. The Balaban J connectivity index is 1.80. The van der Waals surface area contributed by atoms with Crippen LogP contribution in [0.3, 0.4) is 0 Å². The number of hydrogen-bond donors (Lipinski definition) is 1. The Morgan fingerprint density at radius 3 is 2.88 bits per heavy atom. The molecule has 0 saturated carbocycles. The molecule has 0 bridgehead atoms.